The highest BCUT2D eigenvalue weighted by Gasteiger charge is 2.36. The van der Waals surface area contributed by atoms with Crippen molar-refractivity contribution in [2.24, 2.45) is 0 Å². The molecule has 0 saturated heterocycles. The van der Waals surface area contributed by atoms with Gasteiger partial charge >= 0.3 is 6.09 Å². The lowest BCUT2D eigenvalue weighted by Gasteiger charge is -2.18. The van der Waals surface area contributed by atoms with Crippen LogP contribution in [0, 0.1) is 5.82 Å². The number of anilines is 1. The molecule has 3 rings (SSSR count). The van der Waals surface area contributed by atoms with E-state index in [0.29, 0.717) is 28.8 Å². The highest BCUT2D eigenvalue weighted by atomic mass is 35.5. The first-order chi connectivity index (χ1) is 12.4. The van der Waals surface area contributed by atoms with Gasteiger partial charge in [0, 0.05) is 24.8 Å². The molecule has 2 aromatic carbocycles. The minimum Gasteiger partial charge on any atom is -0.465 e. The summed E-state index contributed by atoms with van der Waals surface area (Å²) < 4.78 is 18.6. The van der Waals surface area contributed by atoms with Crippen molar-refractivity contribution in [3.8, 4) is 0 Å². The number of amides is 2. The lowest BCUT2D eigenvalue weighted by Crippen LogP contribution is -2.33. The fourth-order valence-electron chi connectivity index (χ4n) is 3.15. The van der Waals surface area contributed by atoms with E-state index in [9.17, 15) is 14.0 Å². The van der Waals surface area contributed by atoms with E-state index in [1.807, 2.05) is 0 Å². The molecule has 26 heavy (non-hydrogen) atoms. The summed E-state index contributed by atoms with van der Waals surface area (Å²) in [5, 5.41) is 14.1. The van der Waals surface area contributed by atoms with E-state index in [1.165, 1.54) is 25.3 Å². The first-order valence-electron chi connectivity index (χ1n) is 7.81. The number of methoxy groups -OCH3 is 1. The summed E-state index contributed by atoms with van der Waals surface area (Å²) in [6, 6.07) is 8.44. The standard InChI is InChI=1S/C18H16ClFN2O4/c1-26-15-8-12-10(16(15)22-18(24)25)3-2-4-11(12)17(23)21-9-5-6-14(20)13(19)7-9/h2-7,15-16,22H,8H2,1H3,(H,21,23)(H,24,25)/t15-,16-/m1/s1. The zero-order chi connectivity index (χ0) is 18.8. The second kappa shape index (κ2) is 7.31. The summed E-state index contributed by atoms with van der Waals surface area (Å²) >= 11 is 5.74. The first-order valence-corrected chi connectivity index (χ1v) is 8.19. The molecule has 8 heteroatoms. The van der Waals surface area contributed by atoms with Gasteiger partial charge in [-0.15, -0.1) is 0 Å². The van der Waals surface area contributed by atoms with Gasteiger partial charge in [-0.3, -0.25) is 4.79 Å². The number of ether oxygens (including phenoxy) is 1. The molecule has 6 nitrogen and oxygen atoms in total. The van der Waals surface area contributed by atoms with Gasteiger partial charge in [-0.25, -0.2) is 9.18 Å². The fourth-order valence-corrected chi connectivity index (χ4v) is 3.33. The number of hydrogen-bond donors (Lipinski definition) is 3. The molecular formula is C18H16ClFN2O4. The van der Waals surface area contributed by atoms with Crippen molar-refractivity contribution in [1.82, 2.24) is 5.32 Å². The SMILES string of the molecule is CO[C@@H]1Cc2c(C(=O)Nc3ccc(F)c(Cl)c3)cccc2[C@H]1NC(=O)O. The molecule has 1 aliphatic carbocycles. The Labute approximate surface area is 153 Å². The Morgan fingerprint density at radius 2 is 2.08 bits per heavy atom. The van der Waals surface area contributed by atoms with Gasteiger partial charge in [-0.1, -0.05) is 23.7 Å². The van der Waals surface area contributed by atoms with Gasteiger partial charge in [-0.05, 0) is 35.4 Å². The summed E-state index contributed by atoms with van der Waals surface area (Å²) in [6.07, 6.45) is -1.18. The fraction of sp³-hybridized carbons (Fsp3) is 0.222. The first kappa shape index (κ1) is 18.2. The maximum absolute atomic E-state index is 13.3. The van der Waals surface area contributed by atoms with Crippen LogP contribution in [0.15, 0.2) is 36.4 Å². The van der Waals surface area contributed by atoms with Crippen molar-refractivity contribution in [1.29, 1.82) is 0 Å². The van der Waals surface area contributed by atoms with E-state index in [2.05, 4.69) is 10.6 Å². The third-order valence-corrected chi connectivity index (χ3v) is 4.62. The Kier molecular flexibility index (Phi) is 5.11. The molecule has 2 atom stereocenters. The molecule has 0 heterocycles. The maximum atomic E-state index is 13.3. The van der Waals surface area contributed by atoms with Crippen LogP contribution in [0.3, 0.4) is 0 Å². The molecule has 136 valence electrons. The molecule has 0 aliphatic heterocycles. The Bertz CT molecular complexity index is 874. The lowest BCUT2D eigenvalue weighted by atomic mass is 10.0. The minimum absolute atomic E-state index is 0.0914. The molecule has 2 aromatic rings. The van der Waals surface area contributed by atoms with E-state index in [1.54, 1.807) is 18.2 Å². The second-order valence-corrected chi connectivity index (χ2v) is 6.27. The monoisotopic (exact) mass is 378 g/mol. The van der Waals surface area contributed by atoms with E-state index in [-0.39, 0.29) is 5.02 Å². The highest BCUT2D eigenvalue weighted by molar-refractivity contribution is 6.31. The zero-order valence-electron chi connectivity index (χ0n) is 13.8. The Morgan fingerprint density at radius 3 is 2.73 bits per heavy atom. The van der Waals surface area contributed by atoms with Gasteiger partial charge in [-0.2, -0.15) is 0 Å². The number of benzene rings is 2. The second-order valence-electron chi connectivity index (χ2n) is 5.86. The lowest BCUT2D eigenvalue weighted by molar-refractivity contribution is 0.0774. The van der Waals surface area contributed by atoms with E-state index in [4.69, 9.17) is 21.4 Å². The van der Waals surface area contributed by atoms with Crippen molar-refractivity contribution in [3.05, 3.63) is 63.9 Å². The molecule has 0 aromatic heterocycles. The Morgan fingerprint density at radius 1 is 1.31 bits per heavy atom. The average Bonchev–Trinajstić information content (AvgIpc) is 2.95. The van der Waals surface area contributed by atoms with Crippen LogP contribution < -0.4 is 10.6 Å². The van der Waals surface area contributed by atoms with E-state index < -0.39 is 30.0 Å². The maximum Gasteiger partial charge on any atom is 0.405 e. The quantitative estimate of drug-likeness (QED) is 0.758. The largest absolute Gasteiger partial charge is 0.465 e. The Balaban J connectivity index is 1.90. The molecule has 0 bridgehead atoms. The number of carbonyl (C=O) groups excluding carboxylic acids is 1. The molecule has 0 spiro atoms. The summed E-state index contributed by atoms with van der Waals surface area (Å²) in [4.78, 5) is 23.7. The molecule has 0 saturated carbocycles. The summed E-state index contributed by atoms with van der Waals surface area (Å²) in [5.74, 6) is -0.967. The summed E-state index contributed by atoms with van der Waals surface area (Å²) in [5.41, 5.74) is 2.17. The van der Waals surface area contributed by atoms with Crippen LogP contribution in [0.5, 0.6) is 0 Å². The number of carbonyl (C=O) groups is 2. The summed E-state index contributed by atoms with van der Waals surface area (Å²) in [7, 11) is 1.49. The number of nitrogens with one attached hydrogen (secondary N) is 2. The van der Waals surface area contributed by atoms with Crippen LogP contribution in [0.4, 0.5) is 14.9 Å². The average molecular weight is 379 g/mol. The third-order valence-electron chi connectivity index (χ3n) is 4.33. The predicted octanol–water partition coefficient (Wildman–Crippen LogP) is 3.61. The van der Waals surface area contributed by atoms with Gasteiger partial charge < -0.3 is 20.5 Å². The van der Waals surface area contributed by atoms with Crippen LogP contribution in [0.25, 0.3) is 0 Å². The van der Waals surface area contributed by atoms with Crippen molar-refractivity contribution in [2.45, 2.75) is 18.6 Å². The third kappa shape index (κ3) is 3.49. The van der Waals surface area contributed by atoms with Crippen LogP contribution in [-0.2, 0) is 11.2 Å². The van der Waals surface area contributed by atoms with Crippen LogP contribution >= 0.6 is 11.6 Å². The Hall–Kier alpha value is -2.64. The van der Waals surface area contributed by atoms with Crippen molar-refractivity contribution >= 4 is 29.3 Å². The summed E-state index contributed by atoms with van der Waals surface area (Å²) in [6.45, 7) is 0. The number of halogens is 2. The van der Waals surface area contributed by atoms with Gasteiger partial charge in [0.2, 0.25) is 0 Å². The number of fused-ring (bicyclic) bond motifs is 1. The molecule has 3 N–H and O–H groups in total. The minimum atomic E-state index is -1.17. The van der Waals surface area contributed by atoms with Crippen LogP contribution in [0.2, 0.25) is 5.02 Å². The predicted molar refractivity (Wildman–Crippen MR) is 94.2 cm³/mol. The van der Waals surface area contributed by atoms with Crippen LogP contribution in [-0.4, -0.2) is 30.3 Å². The molecule has 0 unspecified atom stereocenters. The molecular weight excluding hydrogens is 363 g/mol. The molecule has 0 radical (unpaired) electrons. The molecule has 0 fully saturated rings. The topological polar surface area (TPSA) is 87.7 Å². The zero-order valence-corrected chi connectivity index (χ0v) is 14.5. The smallest absolute Gasteiger partial charge is 0.405 e. The van der Waals surface area contributed by atoms with Crippen molar-refractivity contribution in [2.75, 3.05) is 12.4 Å². The van der Waals surface area contributed by atoms with Gasteiger partial charge in [0.05, 0.1) is 17.2 Å². The van der Waals surface area contributed by atoms with Gasteiger partial charge in [0.25, 0.3) is 5.91 Å². The van der Waals surface area contributed by atoms with Crippen molar-refractivity contribution in [3.63, 3.8) is 0 Å². The van der Waals surface area contributed by atoms with Crippen molar-refractivity contribution < 1.29 is 23.8 Å². The van der Waals surface area contributed by atoms with Gasteiger partial charge in [0.15, 0.2) is 0 Å². The van der Waals surface area contributed by atoms with Gasteiger partial charge in [0.1, 0.15) is 5.82 Å². The number of carboxylic acid groups (broad SMARTS) is 1. The van der Waals surface area contributed by atoms with E-state index >= 15 is 0 Å². The normalized spacial score (nSPS) is 18.3. The van der Waals surface area contributed by atoms with E-state index in [0.717, 1.165) is 0 Å². The molecule has 2 amide bonds. The number of hydrogen-bond acceptors (Lipinski definition) is 3. The molecule has 1 aliphatic rings. The van der Waals surface area contributed by atoms with Crippen LogP contribution in [0.1, 0.15) is 27.5 Å². The number of rotatable bonds is 4. The highest BCUT2D eigenvalue weighted by Crippen LogP contribution is 2.35.